The molecule has 2 rings (SSSR count). The van der Waals surface area contributed by atoms with Gasteiger partial charge in [-0.1, -0.05) is 12.1 Å². The zero-order chi connectivity index (χ0) is 16.7. The number of aromatic hydroxyl groups is 1. The quantitative estimate of drug-likeness (QED) is 0.634. The second-order valence-corrected chi connectivity index (χ2v) is 4.56. The van der Waals surface area contributed by atoms with Gasteiger partial charge >= 0.3 is 0 Å². The molecule has 0 unspecified atom stereocenters. The number of rotatable bonds is 6. The van der Waals surface area contributed by atoms with E-state index < -0.39 is 0 Å². The zero-order valence-corrected chi connectivity index (χ0v) is 12.9. The molecule has 0 saturated heterocycles. The van der Waals surface area contributed by atoms with Gasteiger partial charge in [-0.3, -0.25) is 4.79 Å². The van der Waals surface area contributed by atoms with Crippen LogP contribution in [0.3, 0.4) is 0 Å². The monoisotopic (exact) mass is 314 g/mol. The molecule has 0 atom stereocenters. The van der Waals surface area contributed by atoms with Gasteiger partial charge in [0.2, 0.25) is 0 Å². The Kier molecular flexibility index (Phi) is 5.57. The molecule has 0 fully saturated rings. The molecule has 23 heavy (non-hydrogen) atoms. The maximum absolute atomic E-state index is 12.1. The van der Waals surface area contributed by atoms with Gasteiger partial charge in [0.15, 0.2) is 11.5 Å². The molecule has 2 N–H and O–H groups in total. The number of ether oxygens (including phenoxy) is 2. The van der Waals surface area contributed by atoms with Crippen molar-refractivity contribution in [1.29, 1.82) is 0 Å². The van der Waals surface area contributed by atoms with E-state index in [9.17, 15) is 9.90 Å². The number of nitrogens with zero attached hydrogens (tertiary/aromatic N) is 1. The Balaban J connectivity index is 2.06. The van der Waals surface area contributed by atoms with Crippen LogP contribution < -0.4 is 14.9 Å². The lowest BCUT2D eigenvalue weighted by Gasteiger charge is -2.07. The third-order valence-corrected chi connectivity index (χ3v) is 3.02. The van der Waals surface area contributed by atoms with Crippen molar-refractivity contribution in [3.05, 3.63) is 53.6 Å². The highest BCUT2D eigenvalue weighted by molar-refractivity contribution is 5.97. The minimum atomic E-state index is -0.373. The van der Waals surface area contributed by atoms with Crippen LogP contribution in [0.5, 0.6) is 17.2 Å². The summed E-state index contributed by atoms with van der Waals surface area (Å²) < 4.78 is 10.4. The van der Waals surface area contributed by atoms with Crippen LogP contribution in [0, 0.1) is 0 Å². The van der Waals surface area contributed by atoms with Crippen LogP contribution in [0.15, 0.2) is 47.6 Å². The predicted octanol–water partition coefficient (Wildman–Crippen LogP) is 2.56. The number of carbonyl (C=O) groups is 1. The third-order valence-electron chi connectivity index (χ3n) is 3.02. The van der Waals surface area contributed by atoms with Crippen molar-refractivity contribution < 1.29 is 19.4 Å². The number of amides is 1. The number of carbonyl (C=O) groups excluding carboxylic acids is 1. The largest absolute Gasteiger partial charge is 0.504 e. The van der Waals surface area contributed by atoms with E-state index in [-0.39, 0.29) is 11.7 Å². The van der Waals surface area contributed by atoms with Gasteiger partial charge in [0.05, 0.1) is 25.5 Å². The molecule has 2 aromatic rings. The van der Waals surface area contributed by atoms with Crippen LogP contribution in [0.4, 0.5) is 0 Å². The standard InChI is InChI=1S/C17H18N2O4/c1-3-23-16-10-12(8-9-14(16)20)11-18-19-17(21)13-6-4-5-7-15(13)22-2/h4-11,20H,3H2,1-2H3,(H,19,21)/b18-11+. The van der Waals surface area contributed by atoms with E-state index in [4.69, 9.17) is 9.47 Å². The van der Waals surface area contributed by atoms with Gasteiger partial charge < -0.3 is 14.6 Å². The summed E-state index contributed by atoms with van der Waals surface area (Å²) in [6.07, 6.45) is 1.47. The first kappa shape index (κ1) is 16.4. The maximum atomic E-state index is 12.1. The molecule has 120 valence electrons. The van der Waals surface area contributed by atoms with Gasteiger partial charge in [0, 0.05) is 0 Å². The first-order valence-electron chi connectivity index (χ1n) is 7.08. The molecule has 0 heterocycles. The Morgan fingerprint density at radius 2 is 2.04 bits per heavy atom. The number of para-hydroxylation sites is 1. The van der Waals surface area contributed by atoms with Gasteiger partial charge in [0.1, 0.15) is 5.75 Å². The summed E-state index contributed by atoms with van der Waals surface area (Å²) in [5, 5.41) is 13.5. The number of methoxy groups -OCH3 is 1. The highest BCUT2D eigenvalue weighted by Crippen LogP contribution is 2.26. The molecular weight excluding hydrogens is 296 g/mol. The molecule has 6 heteroatoms. The lowest BCUT2D eigenvalue weighted by atomic mass is 10.2. The van der Waals surface area contributed by atoms with Gasteiger partial charge in [-0.25, -0.2) is 5.43 Å². The number of hydrogen-bond donors (Lipinski definition) is 2. The summed E-state index contributed by atoms with van der Waals surface area (Å²) in [6.45, 7) is 2.27. The van der Waals surface area contributed by atoms with Crippen LogP contribution in [-0.4, -0.2) is 30.9 Å². The predicted molar refractivity (Wildman–Crippen MR) is 87.3 cm³/mol. The SMILES string of the molecule is CCOc1cc(/C=N/NC(=O)c2ccccc2OC)ccc1O. The number of hydrazone groups is 1. The normalized spacial score (nSPS) is 10.5. The van der Waals surface area contributed by atoms with E-state index in [1.54, 1.807) is 36.4 Å². The second-order valence-electron chi connectivity index (χ2n) is 4.56. The van der Waals surface area contributed by atoms with Crippen LogP contribution in [0.2, 0.25) is 0 Å². The lowest BCUT2D eigenvalue weighted by Crippen LogP contribution is -2.18. The Labute approximate surface area is 134 Å². The smallest absolute Gasteiger partial charge is 0.275 e. The molecule has 2 aromatic carbocycles. The van der Waals surface area contributed by atoms with Crippen molar-refractivity contribution >= 4 is 12.1 Å². The van der Waals surface area contributed by atoms with Crippen molar-refractivity contribution in [2.24, 2.45) is 5.10 Å². The Morgan fingerprint density at radius 3 is 2.78 bits per heavy atom. The molecule has 0 radical (unpaired) electrons. The Hall–Kier alpha value is -3.02. The fourth-order valence-corrected chi connectivity index (χ4v) is 1.94. The van der Waals surface area contributed by atoms with E-state index in [0.717, 1.165) is 0 Å². The summed E-state index contributed by atoms with van der Waals surface area (Å²) in [7, 11) is 1.50. The minimum absolute atomic E-state index is 0.0575. The molecule has 6 nitrogen and oxygen atoms in total. The summed E-state index contributed by atoms with van der Waals surface area (Å²) in [5.74, 6) is 0.528. The van der Waals surface area contributed by atoms with Crippen LogP contribution in [0.1, 0.15) is 22.8 Å². The highest BCUT2D eigenvalue weighted by atomic mass is 16.5. The number of benzene rings is 2. The zero-order valence-electron chi connectivity index (χ0n) is 12.9. The number of hydrogen-bond acceptors (Lipinski definition) is 5. The van der Waals surface area contributed by atoms with Crippen molar-refractivity contribution in [2.45, 2.75) is 6.92 Å². The van der Waals surface area contributed by atoms with Crippen molar-refractivity contribution in [3.8, 4) is 17.2 Å². The number of phenolic OH excluding ortho intramolecular Hbond substituents is 1. The Bertz CT molecular complexity index is 713. The molecule has 0 aliphatic carbocycles. The van der Waals surface area contributed by atoms with Crippen molar-refractivity contribution in [2.75, 3.05) is 13.7 Å². The topological polar surface area (TPSA) is 80.2 Å². The fourth-order valence-electron chi connectivity index (χ4n) is 1.94. The van der Waals surface area contributed by atoms with Gasteiger partial charge in [-0.15, -0.1) is 0 Å². The average molecular weight is 314 g/mol. The van der Waals surface area contributed by atoms with Crippen molar-refractivity contribution in [1.82, 2.24) is 5.43 Å². The second kappa shape index (κ2) is 7.84. The summed E-state index contributed by atoms with van der Waals surface area (Å²) >= 11 is 0. The number of nitrogens with one attached hydrogen (secondary N) is 1. The van der Waals surface area contributed by atoms with E-state index in [1.165, 1.54) is 19.4 Å². The average Bonchev–Trinajstić information content (AvgIpc) is 2.57. The Morgan fingerprint density at radius 1 is 1.26 bits per heavy atom. The first-order valence-corrected chi connectivity index (χ1v) is 7.08. The molecule has 0 aliphatic heterocycles. The van der Waals surface area contributed by atoms with E-state index >= 15 is 0 Å². The highest BCUT2D eigenvalue weighted by Gasteiger charge is 2.10. The molecule has 0 aliphatic rings. The number of phenols is 1. The summed E-state index contributed by atoms with van der Waals surface area (Å²) in [6, 6.07) is 11.7. The molecule has 0 aromatic heterocycles. The molecule has 0 bridgehead atoms. The van der Waals surface area contributed by atoms with Crippen LogP contribution in [0.25, 0.3) is 0 Å². The van der Waals surface area contributed by atoms with Crippen molar-refractivity contribution in [3.63, 3.8) is 0 Å². The van der Waals surface area contributed by atoms with Crippen LogP contribution in [-0.2, 0) is 0 Å². The summed E-state index contributed by atoms with van der Waals surface area (Å²) in [5.41, 5.74) is 3.52. The fraction of sp³-hybridized carbons (Fsp3) is 0.176. The van der Waals surface area contributed by atoms with E-state index in [1.807, 2.05) is 6.92 Å². The third kappa shape index (κ3) is 4.23. The molecular formula is C17H18N2O4. The summed E-state index contributed by atoms with van der Waals surface area (Å²) in [4.78, 5) is 12.1. The van der Waals surface area contributed by atoms with Gasteiger partial charge in [0.25, 0.3) is 5.91 Å². The maximum Gasteiger partial charge on any atom is 0.275 e. The molecule has 0 spiro atoms. The van der Waals surface area contributed by atoms with E-state index in [0.29, 0.717) is 29.2 Å². The van der Waals surface area contributed by atoms with E-state index in [2.05, 4.69) is 10.5 Å². The first-order chi connectivity index (χ1) is 11.2. The molecule has 1 amide bonds. The molecule has 0 saturated carbocycles. The lowest BCUT2D eigenvalue weighted by molar-refractivity contribution is 0.0952. The minimum Gasteiger partial charge on any atom is -0.504 e. The van der Waals surface area contributed by atoms with Crippen LogP contribution >= 0.6 is 0 Å². The van der Waals surface area contributed by atoms with Gasteiger partial charge in [-0.05, 0) is 42.8 Å². The van der Waals surface area contributed by atoms with Gasteiger partial charge in [-0.2, -0.15) is 5.10 Å².